The number of benzene rings is 2. The molecule has 0 aliphatic heterocycles. The average Bonchev–Trinajstić information content (AvgIpc) is 3.25. The normalized spacial score (nSPS) is 11.0. The van der Waals surface area contributed by atoms with E-state index in [0.717, 1.165) is 21.5 Å². The van der Waals surface area contributed by atoms with Crippen molar-refractivity contribution >= 4 is 50.7 Å². The highest BCUT2D eigenvalue weighted by Gasteiger charge is 2.18. The molecular formula is C21H17ClN4O2S. The summed E-state index contributed by atoms with van der Waals surface area (Å²) in [4.78, 5) is 25.8. The van der Waals surface area contributed by atoms with Gasteiger partial charge < -0.3 is 11.1 Å². The van der Waals surface area contributed by atoms with E-state index in [1.807, 2.05) is 41.9 Å². The number of primary amides is 1. The first kappa shape index (κ1) is 19.2. The van der Waals surface area contributed by atoms with E-state index >= 15 is 0 Å². The summed E-state index contributed by atoms with van der Waals surface area (Å²) in [6.07, 6.45) is 0. The van der Waals surface area contributed by atoms with Crippen LogP contribution >= 0.6 is 22.9 Å². The molecule has 2 aromatic carbocycles. The third-order valence-electron chi connectivity index (χ3n) is 4.52. The van der Waals surface area contributed by atoms with Crippen LogP contribution in [-0.2, 0) is 6.54 Å². The van der Waals surface area contributed by atoms with E-state index in [0.29, 0.717) is 22.1 Å². The quantitative estimate of drug-likeness (QED) is 0.495. The molecular weight excluding hydrogens is 408 g/mol. The van der Waals surface area contributed by atoms with Crippen LogP contribution < -0.4 is 11.1 Å². The number of hydrogen-bond donors (Lipinski definition) is 2. The topological polar surface area (TPSA) is 90.0 Å². The zero-order valence-electron chi connectivity index (χ0n) is 15.5. The number of para-hydroxylation sites is 1. The molecule has 0 saturated heterocycles. The van der Waals surface area contributed by atoms with E-state index in [1.165, 1.54) is 11.3 Å². The van der Waals surface area contributed by atoms with E-state index in [-0.39, 0.29) is 11.5 Å². The van der Waals surface area contributed by atoms with Gasteiger partial charge in [0.2, 0.25) is 0 Å². The fraction of sp³-hybridized carbons (Fsp3) is 0.0952. The zero-order chi connectivity index (χ0) is 20.5. The Morgan fingerprint density at radius 3 is 2.62 bits per heavy atom. The molecule has 0 unspecified atom stereocenters. The van der Waals surface area contributed by atoms with Crippen molar-refractivity contribution in [2.24, 2.45) is 5.73 Å². The number of aromatic nitrogens is 2. The molecule has 4 rings (SSSR count). The zero-order valence-corrected chi connectivity index (χ0v) is 17.1. The van der Waals surface area contributed by atoms with E-state index in [1.54, 1.807) is 24.3 Å². The molecule has 6 nitrogen and oxygen atoms in total. The SMILES string of the molecule is Cc1nn(Cc2ccc(Cl)cc2)c2sc(C(=O)Nc3ccccc3C(N)=O)cc12. The highest BCUT2D eigenvalue weighted by Crippen LogP contribution is 2.30. The number of carbonyl (C=O) groups is 2. The van der Waals surface area contributed by atoms with Crippen LogP contribution in [0.3, 0.4) is 0 Å². The minimum absolute atomic E-state index is 0.270. The summed E-state index contributed by atoms with van der Waals surface area (Å²) in [5, 5.41) is 8.98. The molecule has 8 heteroatoms. The molecule has 2 heterocycles. The minimum Gasteiger partial charge on any atom is -0.366 e. The van der Waals surface area contributed by atoms with Gasteiger partial charge >= 0.3 is 0 Å². The third-order valence-corrected chi connectivity index (χ3v) is 5.92. The van der Waals surface area contributed by atoms with Gasteiger partial charge in [-0.05, 0) is 42.8 Å². The van der Waals surface area contributed by atoms with Gasteiger partial charge in [-0.2, -0.15) is 5.10 Å². The van der Waals surface area contributed by atoms with Gasteiger partial charge in [-0.15, -0.1) is 11.3 Å². The largest absolute Gasteiger partial charge is 0.366 e. The van der Waals surface area contributed by atoms with Crippen molar-refractivity contribution in [1.82, 2.24) is 9.78 Å². The Hall–Kier alpha value is -3.16. The Kier molecular flexibility index (Phi) is 5.08. The van der Waals surface area contributed by atoms with Crippen molar-refractivity contribution in [1.29, 1.82) is 0 Å². The number of nitrogens with two attached hydrogens (primary N) is 1. The number of fused-ring (bicyclic) bond motifs is 1. The van der Waals surface area contributed by atoms with Crippen LogP contribution in [0.25, 0.3) is 10.2 Å². The van der Waals surface area contributed by atoms with Crippen molar-refractivity contribution < 1.29 is 9.59 Å². The molecule has 2 amide bonds. The predicted molar refractivity (Wildman–Crippen MR) is 116 cm³/mol. The molecule has 0 atom stereocenters. The molecule has 3 N–H and O–H groups in total. The standard InChI is InChI=1S/C21H17ClN4O2S/c1-12-16-10-18(20(28)24-17-5-3-2-4-15(17)19(23)27)29-21(16)26(25-12)11-13-6-8-14(22)9-7-13/h2-10H,11H2,1H3,(H2,23,27)(H,24,28). The van der Waals surface area contributed by atoms with Crippen LogP contribution in [0.1, 0.15) is 31.3 Å². The first-order valence-corrected chi connectivity index (χ1v) is 10.0. The number of hydrogen-bond acceptors (Lipinski definition) is 4. The van der Waals surface area contributed by atoms with E-state index in [4.69, 9.17) is 17.3 Å². The maximum atomic E-state index is 12.8. The maximum Gasteiger partial charge on any atom is 0.265 e. The van der Waals surface area contributed by atoms with Gasteiger partial charge in [-0.25, -0.2) is 0 Å². The lowest BCUT2D eigenvalue weighted by Gasteiger charge is -2.07. The number of aryl methyl sites for hydroxylation is 1. The molecule has 146 valence electrons. The fourth-order valence-electron chi connectivity index (χ4n) is 3.09. The van der Waals surface area contributed by atoms with Crippen LogP contribution in [0.5, 0.6) is 0 Å². The summed E-state index contributed by atoms with van der Waals surface area (Å²) in [6, 6.07) is 16.1. The highest BCUT2D eigenvalue weighted by atomic mass is 35.5. The Balaban J connectivity index is 1.63. The smallest absolute Gasteiger partial charge is 0.265 e. The number of rotatable bonds is 5. The van der Waals surface area contributed by atoms with Gasteiger partial charge in [-0.3, -0.25) is 14.3 Å². The number of carbonyl (C=O) groups excluding carboxylic acids is 2. The molecule has 0 saturated carbocycles. The molecule has 29 heavy (non-hydrogen) atoms. The third kappa shape index (κ3) is 3.87. The number of anilines is 1. The van der Waals surface area contributed by atoms with Crippen molar-refractivity contribution in [3.8, 4) is 0 Å². The Morgan fingerprint density at radius 1 is 1.17 bits per heavy atom. The van der Waals surface area contributed by atoms with Crippen LogP contribution in [-0.4, -0.2) is 21.6 Å². The number of amides is 2. The lowest BCUT2D eigenvalue weighted by Crippen LogP contribution is -2.17. The second kappa shape index (κ2) is 7.69. The first-order valence-electron chi connectivity index (χ1n) is 8.84. The lowest BCUT2D eigenvalue weighted by molar-refractivity contribution is 0.100. The van der Waals surface area contributed by atoms with Gasteiger partial charge in [0, 0.05) is 10.4 Å². The van der Waals surface area contributed by atoms with Gasteiger partial charge in [0.05, 0.1) is 28.4 Å². The molecule has 2 aromatic heterocycles. The monoisotopic (exact) mass is 424 g/mol. The van der Waals surface area contributed by atoms with E-state index in [9.17, 15) is 9.59 Å². The molecule has 0 aliphatic carbocycles. The summed E-state index contributed by atoms with van der Waals surface area (Å²) in [5.41, 5.74) is 7.96. The van der Waals surface area contributed by atoms with Gasteiger partial charge in [0.15, 0.2) is 0 Å². The maximum absolute atomic E-state index is 12.8. The van der Waals surface area contributed by atoms with E-state index < -0.39 is 5.91 Å². The first-order chi connectivity index (χ1) is 13.9. The number of nitrogens with one attached hydrogen (secondary N) is 1. The van der Waals surface area contributed by atoms with Crippen molar-refractivity contribution in [2.45, 2.75) is 13.5 Å². The van der Waals surface area contributed by atoms with Crippen LogP contribution in [0.4, 0.5) is 5.69 Å². The predicted octanol–water partition coefficient (Wildman–Crippen LogP) is 4.46. The minimum atomic E-state index is -0.591. The summed E-state index contributed by atoms with van der Waals surface area (Å²) in [5.74, 6) is -0.885. The Bertz CT molecular complexity index is 1230. The number of thiophene rings is 1. The molecule has 0 bridgehead atoms. The number of halogens is 1. The summed E-state index contributed by atoms with van der Waals surface area (Å²) < 4.78 is 1.88. The Labute approximate surface area is 175 Å². The number of nitrogens with zero attached hydrogens (tertiary/aromatic N) is 2. The van der Waals surface area contributed by atoms with Crippen LogP contribution in [0.2, 0.25) is 5.02 Å². The summed E-state index contributed by atoms with van der Waals surface area (Å²) in [6.45, 7) is 2.49. The molecule has 0 aliphatic rings. The summed E-state index contributed by atoms with van der Waals surface area (Å²) >= 11 is 7.31. The molecule has 4 aromatic rings. The molecule has 0 radical (unpaired) electrons. The van der Waals surface area contributed by atoms with Gasteiger partial charge in [0.1, 0.15) is 4.83 Å². The highest BCUT2D eigenvalue weighted by molar-refractivity contribution is 7.20. The van der Waals surface area contributed by atoms with E-state index in [2.05, 4.69) is 10.4 Å². The molecule has 0 fully saturated rings. The average molecular weight is 425 g/mol. The second-order valence-electron chi connectivity index (χ2n) is 6.56. The van der Waals surface area contributed by atoms with Crippen molar-refractivity contribution in [3.63, 3.8) is 0 Å². The van der Waals surface area contributed by atoms with Crippen LogP contribution in [0.15, 0.2) is 54.6 Å². The van der Waals surface area contributed by atoms with Crippen molar-refractivity contribution in [3.05, 3.63) is 81.3 Å². The van der Waals surface area contributed by atoms with Gasteiger partial charge in [0.25, 0.3) is 11.8 Å². The van der Waals surface area contributed by atoms with Crippen molar-refractivity contribution in [2.75, 3.05) is 5.32 Å². The summed E-state index contributed by atoms with van der Waals surface area (Å²) in [7, 11) is 0. The fourth-order valence-corrected chi connectivity index (χ4v) is 4.27. The Morgan fingerprint density at radius 2 is 1.90 bits per heavy atom. The second-order valence-corrected chi connectivity index (χ2v) is 8.03. The van der Waals surface area contributed by atoms with Crippen LogP contribution in [0, 0.1) is 6.92 Å². The molecule has 0 spiro atoms. The lowest BCUT2D eigenvalue weighted by atomic mass is 10.1. The van der Waals surface area contributed by atoms with Gasteiger partial charge in [-0.1, -0.05) is 35.9 Å².